The van der Waals surface area contributed by atoms with Crippen molar-refractivity contribution >= 4 is 11.0 Å². The van der Waals surface area contributed by atoms with Crippen LogP contribution in [0.5, 0.6) is 34.5 Å². The van der Waals surface area contributed by atoms with Crippen molar-refractivity contribution < 1.29 is 38.3 Å². The highest BCUT2D eigenvalue weighted by Crippen LogP contribution is 2.46. The topological polar surface area (TPSA) is 117 Å². The molecule has 0 radical (unpaired) electrons. The maximum atomic E-state index is 13.3. The number of aliphatic hydroxyl groups excluding tert-OH is 1. The van der Waals surface area contributed by atoms with E-state index in [4.69, 9.17) is 28.1 Å². The van der Waals surface area contributed by atoms with Crippen LogP contribution in [0.1, 0.15) is 11.7 Å². The number of aliphatic hydroxyl groups is 1. The molecule has 9 heteroatoms. The lowest BCUT2D eigenvalue weighted by atomic mass is 10.0. The molecule has 0 amide bonds. The second-order valence-electron chi connectivity index (χ2n) is 8.13. The van der Waals surface area contributed by atoms with Crippen molar-refractivity contribution in [3.63, 3.8) is 0 Å². The van der Waals surface area contributed by atoms with Crippen molar-refractivity contribution in [2.45, 2.75) is 12.2 Å². The normalized spacial score (nSPS) is 16.6. The first-order valence-electron chi connectivity index (χ1n) is 11.1. The van der Waals surface area contributed by atoms with Gasteiger partial charge in [-0.15, -0.1) is 0 Å². The van der Waals surface area contributed by atoms with Crippen LogP contribution in [0.3, 0.4) is 0 Å². The van der Waals surface area contributed by atoms with E-state index in [2.05, 4.69) is 0 Å². The van der Waals surface area contributed by atoms with E-state index in [0.717, 1.165) is 0 Å². The second kappa shape index (κ2) is 9.35. The molecule has 0 aliphatic carbocycles. The van der Waals surface area contributed by atoms with Gasteiger partial charge in [-0.1, -0.05) is 12.1 Å². The van der Waals surface area contributed by atoms with E-state index in [1.54, 1.807) is 55.6 Å². The van der Waals surface area contributed by atoms with Crippen molar-refractivity contribution in [3.05, 3.63) is 70.6 Å². The van der Waals surface area contributed by atoms with Gasteiger partial charge in [-0.05, 0) is 42.0 Å². The average Bonchev–Trinajstić information content (AvgIpc) is 2.92. The monoisotopic (exact) mass is 492 g/mol. The molecule has 0 bridgehead atoms. The van der Waals surface area contributed by atoms with Gasteiger partial charge in [0.25, 0.3) is 0 Å². The Morgan fingerprint density at radius 2 is 1.61 bits per heavy atom. The quantitative estimate of drug-likeness (QED) is 0.411. The number of rotatable bonds is 6. The van der Waals surface area contributed by atoms with Crippen molar-refractivity contribution in [2.75, 3.05) is 27.9 Å². The van der Waals surface area contributed by atoms with Gasteiger partial charge in [0.05, 0.1) is 38.9 Å². The molecule has 2 unspecified atom stereocenters. The fourth-order valence-electron chi connectivity index (χ4n) is 4.25. The molecule has 1 aliphatic heterocycles. The van der Waals surface area contributed by atoms with Crippen LogP contribution in [0, 0.1) is 0 Å². The Labute approximate surface area is 206 Å². The molecule has 4 aromatic rings. The van der Waals surface area contributed by atoms with E-state index in [-0.39, 0.29) is 40.6 Å². The van der Waals surface area contributed by atoms with Crippen molar-refractivity contribution in [3.8, 4) is 45.6 Å². The number of aromatic hydroxyl groups is 1. The lowest BCUT2D eigenvalue weighted by molar-refractivity contribution is -0.0119. The third-order valence-electron chi connectivity index (χ3n) is 6.13. The van der Waals surface area contributed by atoms with Crippen LogP contribution < -0.4 is 29.1 Å². The predicted octanol–water partition coefficient (Wildman–Crippen LogP) is 4.06. The van der Waals surface area contributed by atoms with Crippen molar-refractivity contribution in [1.29, 1.82) is 0 Å². The lowest BCUT2D eigenvalue weighted by Gasteiger charge is -2.33. The zero-order valence-corrected chi connectivity index (χ0v) is 19.8. The Kier molecular flexibility index (Phi) is 6.07. The number of ether oxygens (including phenoxy) is 5. The summed E-state index contributed by atoms with van der Waals surface area (Å²) in [7, 11) is 4.41. The first-order valence-corrected chi connectivity index (χ1v) is 11.1. The standard InChI is InChI=1S/C27H24O9/c1-31-16-6-4-14(5-7-16)18-13-34-26-17(23(18)29)8-9-19-27(26)36-22(12-28)25(35-19)15-10-20(32-2)24(30)21(11-15)33-3/h4-11,13,22,25,28,30H,12H2,1-3H3. The Morgan fingerprint density at radius 1 is 0.917 bits per heavy atom. The van der Waals surface area contributed by atoms with Crippen LogP contribution in [0.25, 0.3) is 22.1 Å². The SMILES string of the molecule is COc1ccc(-c2coc3c4c(ccc3c2=O)OC(c2cc(OC)c(O)c(OC)c2)C(CO)O4)cc1. The van der Waals surface area contributed by atoms with Crippen LogP contribution in [0.15, 0.2) is 64.0 Å². The molecule has 9 nitrogen and oxygen atoms in total. The van der Waals surface area contributed by atoms with E-state index in [0.29, 0.717) is 33.6 Å². The highest BCUT2D eigenvalue weighted by atomic mass is 16.6. The van der Waals surface area contributed by atoms with Gasteiger partial charge in [0, 0.05) is 5.56 Å². The van der Waals surface area contributed by atoms with Gasteiger partial charge in [-0.2, -0.15) is 0 Å². The molecule has 2 atom stereocenters. The minimum absolute atomic E-state index is 0.151. The van der Waals surface area contributed by atoms with Crippen LogP contribution >= 0.6 is 0 Å². The van der Waals surface area contributed by atoms with Gasteiger partial charge in [0.2, 0.25) is 16.9 Å². The molecule has 1 aliphatic rings. The molecule has 36 heavy (non-hydrogen) atoms. The summed E-state index contributed by atoms with van der Waals surface area (Å²) in [5, 5.41) is 20.7. The Hall–Kier alpha value is -4.37. The van der Waals surface area contributed by atoms with E-state index in [9.17, 15) is 15.0 Å². The summed E-state index contributed by atoms with van der Waals surface area (Å²) >= 11 is 0. The maximum absolute atomic E-state index is 13.3. The van der Waals surface area contributed by atoms with Gasteiger partial charge < -0.3 is 38.3 Å². The second-order valence-corrected chi connectivity index (χ2v) is 8.13. The zero-order chi connectivity index (χ0) is 25.4. The molecule has 0 saturated heterocycles. The van der Waals surface area contributed by atoms with E-state index >= 15 is 0 Å². The van der Waals surface area contributed by atoms with Gasteiger partial charge in [0.1, 0.15) is 12.0 Å². The van der Waals surface area contributed by atoms with Crippen LogP contribution in [0.4, 0.5) is 0 Å². The summed E-state index contributed by atoms with van der Waals surface area (Å²) in [5.74, 6) is 1.46. The summed E-state index contributed by atoms with van der Waals surface area (Å²) in [6, 6.07) is 13.5. The number of benzene rings is 3. The molecular formula is C27H24O9. The average molecular weight is 492 g/mol. The number of fused-ring (bicyclic) bond motifs is 3. The summed E-state index contributed by atoms with van der Waals surface area (Å²) in [5.41, 5.74) is 1.62. The predicted molar refractivity (Wildman–Crippen MR) is 131 cm³/mol. The third kappa shape index (κ3) is 3.83. The number of methoxy groups -OCH3 is 3. The molecular weight excluding hydrogens is 468 g/mol. The Morgan fingerprint density at radius 3 is 2.22 bits per heavy atom. The zero-order valence-electron chi connectivity index (χ0n) is 19.8. The molecule has 1 aromatic heterocycles. The van der Waals surface area contributed by atoms with Crippen LogP contribution in [-0.2, 0) is 0 Å². The Balaban J connectivity index is 1.57. The number of phenols is 1. The highest BCUT2D eigenvalue weighted by Gasteiger charge is 2.36. The fraction of sp³-hybridized carbons (Fsp3) is 0.222. The Bertz CT molecular complexity index is 1450. The minimum Gasteiger partial charge on any atom is -0.502 e. The number of phenolic OH excluding ortho intramolecular Hbond substituents is 1. The molecule has 3 aromatic carbocycles. The number of hydrogen-bond donors (Lipinski definition) is 2. The van der Waals surface area contributed by atoms with Gasteiger partial charge in [-0.3, -0.25) is 4.79 Å². The molecule has 0 fully saturated rings. The highest BCUT2D eigenvalue weighted by molar-refractivity contribution is 5.88. The summed E-state index contributed by atoms with van der Waals surface area (Å²) < 4.78 is 33.8. The van der Waals surface area contributed by atoms with Crippen molar-refractivity contribution in [1.82, 2.24) is 0 Å². The molecule has 2 N–H and O–H groups in total. The van der Waals surface area contributed by atoms with Crippen molar-refractivity contribution in [2.24, 2.45) is 0 Å². The molecule has 0 spiro atoms. The maximum Gasteiger partial charge on any atom is 0.205 e. The van der Waals surface area contributed by atoms with E-state index < -0.39 is 12.2 Å². The lowest BCUT2D eigenvalue weighted by Crippen LogP contribution is -2.36. The minimum atomic E-state index is -0.839. The third-order valence-corrected chi connectivity index (χ3v) is 6.13. The first-order chi connectivity index (χ1) is 17.5. The van der Waals surface area contributed by atoms with E-state index in [1.807, 2.05) is 0 Å². The molecule has 186 valence electrons. The summed E-state index contributed by atoms with van der Waals surface area (Å²) in [6.45, 7) is -0.389. The molecule has 0 saturated carbocycles. The van der Waals surface area contributed by atoms with Gasteiger partial charge >= 0.3 is 0 Å². The van der Waals surface area contributed by atoms with E-state index in [1.165, 1.54) is 20.5 Å². The van der Waals surface area contributed by atoms with Gasteiger partial charge in [0.15, 0.2) is 35.0 Å². The van der Waals surface area contributed by atoms with Crippen LogP contribution in [-0.4, -0.2) is 44.3 Å². The molecule has 5 rings (SSSR count). The number of hydrogen-bond acceptors (Lipinski definition) is 9. The first kappa shape index (κ1) is 23.4. The summed E-state index contributed by atoms with van der Waals surface area (Å²) in [4.78, 5) is 13.3. The van der Waals surface area contributed by atoms with Gasteiger partial charge in [-0.25, -0.2) is 0 Å². The summed E-state index contributed by atoms with van der Waals surface area (Å²) in [6.07, 6.45) is -0.214. The fourth-order valence-corrected chi connectivity index (χ4v) is 4.25. The molecule has 2 heterocycles. The largest absolute Gasteiger partial charge is 0.502 e. The van der Waals surface area contributed by atoms with Crippen LogP contribution in [0.2, 0.25) is 0 Å². The smallest absolute Gasteiger partial charge is 0.205 e.